The molecule has 0 radical (unpaired) electrons. The van der Waals surface area contributed by atoms with Crippen LogP contribution in [0.4, 0.5) is 23.2 Å². The van der Waals surface area contributed by atoms with Gasteiger partial charge in [0.05, 0.1) is 35.2 Å². The first-order valence-corrected chi connectivity index (χ1v) is 14.3. The molecule has 0 aliphatic rings. The van der Waals surface area contributed by atoms with Crippen molar-refractivity contribution in [1.82, 2.24) is 9.55 Å². The van der Waals surface area contributed by atoms with Crippen molar-refractivity contribution in [3.63, 3.8) is 0 Å². The van der Waals surface area contributed by atoms with Gasteiger partial charge in [0.2, 0.25) is 6.43 Å². The maximum Gasteiger partial charge on any atom is 0.241 e. The number of hydrogen-bond donors (Lipinski definition) is 0. The van der Waals surface area contributed by atoms with Crippen LogP contribution in [-0.4, -0.2) is 43.5 Å². The van der Waals surface area contributed by atoms with Gasteiger partial charge in [-0.25, -0.2) is 22.5 Å². The second-order valence-electron chi connectivity index (χ2n) is 8.82. The molecule has 0 fully saturated rings. The zero-order chi connectivity index (χ0) is 24.0. The van der Waals surface area contributed by atoms with Crippen molar-refractivity contribution in [2.24, 2.45) is 4.99 Å². The molecule has 0 saturated carbocycles. The fraction of sp³-hybridized carbons (Fsp3) is 0.391. The summed E-state index contributed by atoms with van der Waals surface area (Å²) in [7, 11) is -1.15. The number of halogens is 4. The Balaban J connectivity index is 1.66. The van der Waals surface area contributed by atoms with Crippen molar-refractivity contribution in [3.05, 3.63) is 53.9 Å². The maximum absolute atomic E-state index is 14.3. The minimum absolute atomic E-state index is 0.151. The normalized spacial score (nSPS) is 12.4. The van der Waals surface area contributed by atoms with E-state index < -0.39 is 32.6 Å². The van der Waals surface area contributed by atoms with Crippen LogP contribution in [-0.2, 0) is 11.5 Å². The molecule has 2 aromatic carbocycles. The van der Waals surface area contributed by atoms with Gasteiger partial charge >= 0.3 is 0 Å². The number of imidazole rings is 1. The Kier molecular flexibility index (Phi) is 8.25. The number of benzene rings is 2. The fourth-order valence-electron chi connectivity index (χ4n) is 2.95. The van der Waals surface area contributed by atoms with E-state index in [1.165, 1.54) is 0 Å². The number of nitrogens with zero attached hydrogens (tertiary/aromatic N) is 3. The summed E-state index contributed by atoms with van der Waals surface area (Å²) in [5.74, 6) is -1.94. The maximum atomic E-state index is 14.3. The van der Waals surface area contributed by atoms with Crippen molar-refractivity contribution in [3.8, 4) is 5.75 Å². The monoisotopic (exact) mass is 481 g/mol. The van der Waals surface area contributed by atoms with Gasteiger partial charge in [0.15, 0.2) is 0 Å². The highest BCUT2D eigenvalue weighted by atomic mass is 28.3. The van der Waals surface area contributed by atoms with Crippen LogP contribution in [0.3, 0.4) is 0 Å². The fourth-order valence-corrected chi connectivity index (χ4v) is 3.71. The van der Waals surface area contributed by atoms with Crippen LogP contribution < -0.4 is 4.74 Å². The molecule has 1 heterocycles. The third kappa shape index (κ3) is 7.39. The minimum atomic E-state index is -2.54. The summed E-state index contributed by atoms with van der Waals surface area (Å²) < 4.78 is 65.6. The summed E-state index contributed by atoms with van der Waals surface area (Å²) in [5, 5.41) is 0. The van der Waals surface area contributed by atoms with E-state index in [9.17, 15) is 17.6 Å². The summed E-state index contributed by atoms with van der Waals surface area (Å²) in [6.07, 6.45) is -0.309. The van der Waals surface area contributed by atoms with E-state index in [1.807, 2.05) is 10.6 Å². The molecule has 0 atom stereocenters. The second-order valence-corrected chi connectivity index (χ2v) is 14.4. The van der Waals surface area contributed by atoms with Crippen molar-refractivity contribution < 1.29 is 27.0 Å². The Bertz CT molecular complexity index is 1090. The van der Waals surface area contributed by atoms with Crippen LogP contribution in [0.5, 0.6) is 5.75 Å². The van der Waals surface area contributed by atoms with E-state index in [1.54, 1.807) is 18.5 Å². The molecular formula is C23H27F4N3O2Si. The lowest BCUT2D eigenvalue weighted by molar-refractivity contribution is 0.0898. The molecule has 0 spiro atoms. The first-order chi connectivity index (χ1) is 15.6. The molecule has 3 aromatic rings. The summed E-state index contributed by atoms with van der Waals surface area (Å²) in [6.45, 7) is 7.64. The van der Waals surface area contributed by atoms with E-state index >= 15 is 0 Å². The van der Waals surface area contributed by atoms with E-state index in [2.05, 4.69) is 29.6 Å². The zero-order valence-electron chi connectivity index (χ0n) is 18.8. The van der Waals surface area contributed by atoms with Crippen molar-refractivity contribution >= 4 is 31.0 Å². The number of rotatable bonds is 11. The van der Waals surface area contributed by atoms with E-state index in [4.69, 9.17) is 9.47 Å². The lowest BCUT2D eigenvalue weighted by Gasteiger charge is -2.15. The first kappa shape index (κ1) is 24.9. The predicted molar refractivity (Wildman–Crippen MR) is 124 cm³/mol. The zero-order valence-corrected chi connectivity index (χ0v) is 19.8. The topological polar surface area (TPSA) is 48.6 Å². The number of fused-ring (bicyclic) bond motifs is 1. The van der Waals surface area contributed by atoms with Gasteiger partial charge in [0.25, 0.3) is 0 Å². The van der Waals surface area contributed by atoms with Crippen LogP contribution in [0.25, 0.3) is 11.0 Å². The highest BCUT2D eigenvalue weighted by molar-refractivity contribution is 6.76. The van der Waals surface area contributed by atoms with Gasteiger partial charge in [-0.05, 0) is 24.2 Å². The number of aliphatic imine (C=N–C) groups is 1. The Morgan fingerprint density at radius 2 is 1.82 bits per heavy atom. The minimum Gasteiger partial charge on any atom is -0.493 e. The Labute approximate surface area is 191 Å². The Morgan fingerprint density at radius 3 is 2.48 bits per heavy atom. The van der Waals surface area contributed by atoms with Crippen LogP contribution in [0, 0.1) is 11.6 Å². The quantitative estimate of drug-likeness (QED) is 0.138. The number of hydrogen-bond acceptors (Lipinski definition) is 4. The second kappa shape index (κ2) is 10.9. The summed E-state index contributed by atoms with van der Waals surface area (Å²) in [6, 6.07) is 8.22. The van der Waals surface area contributed by atoms with Crippen molar-refractivity contribution in [1.29, 1.82) is 0 Å². The average molecular weight is 482 g/mol. The lowest BCUT2D eigenvalue weighted by Crippen LogP contribution is -2.21. The molecule has 0 N–H and O–H groups in total. The molecule has 0 aliphatic carbocycles. The SMILES string of the molecule is C[Si](C)(C)CCOCn1cnc2cc(N=Cc3c(F)cc(OCCC(F)F)cc3F)ccc21. The Hall–Kier alpha value is -2.72. The number of alkyl halides is 2. The molecule has 1 aromatic heterocycles. The largest absolute Gasteiger partial charge is 0.493 e. The molecule has 0 amide bonds. The molecule has 178 valence electrons. The third-order valence-corrected chi connectivity index (χ3v) is 6.54. The summed E-state index contributed by atoms with van der Waals surface area (Å²) in [5.41, 5.74) is 1.67. The summed E-state index contributed by atoms with van der Waals surface area (Å²) in [4.78, 5) is 8.50. The van der Waals surface area contributed by atoms with Gasteiger partial charge in [-0.2, -0.15) is 0 Å². The van der Waals surface area contributed by atoms with Gasteiger partial charge in [-0.15, -0.1) is 0 Å². The van der Waals surface area contributed by atoms with Crippen LogP contribution in [0.2, 0.25) is 25.7 Å². The van der Waals surface area contributed by atoms with Gasteiger partial charge in [-0.1, -0.05) is 19.6 Å². The highest BCUT2D eigenvalue weighted by Crippen LogP contribution is 2.23. The first-order valence-electron chi connectivity index (χ1n) is 10.6. The molecule has 3 rings (SSSR count). The molecule has 0 aliphatic heterocycles. The van der Waals surface area contributed by atoms with Crippen LogP contribution in [0.15, 0.2) is 41.7 Å². The van der Waals surface area contributed by atoms with E-state index in [0.29, 0.717) is 24.5 Å². The van der Waals surface area contributed by atoms with Gasteiger partial charge in [0.1, 0.15) is 24.1 Å². The number of ether oxygens (including phenoxy) is 2. The molecule has 0 unspecified atom stereocenters. The molecule has 0 saturated heterocycles. The van der Waals surface area contributed by atoms with Gasteiger partial charge in [-0.3, -0.25) is 4.99 Å². The third-order valence-electron chi connectivity index (χ3n) is 4.83. The molecule has 5 nitrogen and oxygen atoms in total. The van der Waals surface area contributed by atoms with Crippen molar-refractivity contribution in [2.75, 3.05) is 13.2 Å². The van der Waals surface area contributed by atoms with Gasteiger partial charge < -0.3 is 14.0 Å². The van der Waals surface area contributed by atoms with E-state index in [-0.39, 0.29) is 17.9 Å². The van der Waals surface area contributed by atoms with Crippen LogP contribution >= 0.6 is 0 Å². The summed E-state index contributed by atoms with van der Waals surface area (Å²) >= 11 is 0. The smallest absolute Gasteiger partial charge is 0.241 e. The molecular weight excluding hydrogens is 454 g/mol. The predicted octanol–water partition coefficient (Wildman–Crippen LogP) is 6.41. The molecule has 33 heavy (non-hydrogen) atoms. The van der Waals surface area contributed by atoms with E-state index in [0.717, 1.165) is 29.9 Å². The Morgan fingerprint density at radius 1 is 1.09 bits per heavy atom. The average Bonchev–Trinajstić information content (AvgIpc) is 3.12. The lowest BCUT2D eigenvalue weighted by atomic mass is 10.2. The van der Waals surface area contributed by atoms with Gasteiger partial charge in [0, 0.05) is 39.4 Å². The number of aromatic nitrogens is 2. The van der Waals surface area contributed by atoms with Crippen molar-refractivity contribution in [2.45, 2.75) is 45.3 Å². The molecule has 0 bridgehead atoms. The molecule has 10 heteroatoms. The standard InChI is InChI=1S/C23H27F4N3O2Si/c1-33(2,3)9-8-31-15-30-14-29-21-10-16(4-5-22(21)30)28-13-18-19(24)11-17(12-20(18)25)32-7-6-23(26)27/h4-5,10-14,23H,6-9,15H2,1-3H3. The highest BCUT2D eigenvalue weighted by Gasteiger charge is 2.13. The van der Waals surface area contributed by atoms with Crippen LogP contribution in [0.1, 0.15) is 12.0 Å².